The summed E-state index contributed by atoms with van der Waals surface area (Å²) in [5.41, 5.74) is 1.98. The maximum Gasteiger partial charge on any atom is 0.322 e. The van der Waals surface area contributed by atoms with E-state index in [0.29, 0.717) is 0 Å². The molecule has 6 heteroatoms. The number of carbonyl (C=O) groups is 1. The molecule has 2 amide bonds. The molecule has 0 spiro atoms. The van der Waals surface area contributed by atoms with E-state index in [1.54, 1.807) is 0 Å². The van der Waals surface area contributed by atoms with Gasteiger partial charge in [-0.05, 0) is 37.8 Å². The summed E-state index contributed by atoms with van der Waals surface area (Å²) in [4.78, 5) is 17.4. The number of hydrogen-bond acceptors (Lipinski definition) is 4. The van der Waals surface area contributed by atoms with Gasteiger partial charge in [-0.2, -0.15) is 0 Å². The van der Waals surface area contributed by atoms with Gasteiger partial charge in [-0.3, -0.25) is 4.90 Å². The smallest absolute Gasteiger partial charge is 0.322 e. The van der Waals surface area contributed by atoms with Crippen LogP contribution in [-0.4, -0.2) is 74.5 Å². The average molecular weight is 361 g/mol. The predicted octanol–water partition coefficient (Wildman–Crippen LogP) is 2.73. The summed E-state index contributed by atoms with van der Waals surface area (Å²) in [6.45, 7) is 8.91. The molecule has 1 N–H and O–H groups in total. The van der Waals surface area contributed by atoms with Crippen LogP contribution in [0.15, 0.2) is 24.3 Å². The maximum atomic E-state index is 13.0. The van der Waals surface area contributed by atoms with Crippen molar-refractivity contribution >= 4 is 11.7 Å². The highest BCUT2D eigenvalue weighted by molar-refractivity contribution is 5.90. The van der Waals surface area contributed by atoms with Gasteiger partial charge in [0.1, 0.15) is 0 Å². The number of rotatable bonds is 6. The number of urea groups is 1. The third-order valence-corrected chi connectivity index (χ3v) is 5.26. The Labute approximate surface area is 156 Å². The highest BCUT2D eigenvalue weighted by Gasteiger charge is 2.26. The molecular weight excluding hydrogens is 330 g/mol. The van der Waals surface area contributed by atoms with Gasteiger partial charge in [-0.15, -0.1) is 0 Å². The van der Waals surface area contributed by atoms with Gasteiger partial charge in [0, 0.05) is 51.1 Å². The number of benzene rings is 1. The van der Waals surface area contributed by atoms with Crippen LogP contribution in [-0.2, 0) is 9.47 Å². The molecule has 0 atom stereocenters. The van der Waals surface area contributed by atoms with Gasteiger partial charge >= 0.3 is 6.03 Å². The number of carbonyl (C=O) groups excluding carboxylic acids is 1. The van der Waals surface area contributed by atoms with Crippen LogP contribution in [0.3, 0.4) is 0 Å². The van der Waals surface area contributed by atoms with Crippen molar-refractivity contribution in [2.24, 2.45) is 0 Å². The fourth-order valence-electron chi connectivity index (χ4n) is 3.64. The SMILES string of the molecule is Cc1ccccc1NC(=O)N(CCCN1CCOCC1)C1CCOCC1. The van der Waals surface area contributed by atoms with Crippen molar-refractivity contribution in [1.29, 1.82) is 0 Å². The van der Waals surface area contributed by atoms with Crippen LogP contribution in [0, 0.1) is 6.92 Å². The lowest BCUT2D eigenvalue weighted by Crippen LogP contribution is -2.47. The van der Waals surface area contributed by atoms with Crippen molar-refractivity contribution in [2.75, 3.05) is 57.9 Å². The highest BCUT2D eigenvalue weighted by atomic mass is 16.5. The minimum Gasteiger partial charge on any atom is -0.381 e. The Kier molecular flexibility index (Phi) is 7.29. The molecule has 1 aromatic carbocycles. The van der Waals surface area contributed by atoms with Crippen molar-refractivity contribution in [3.63, 3.8) is 0 Å². The molecule has 0 aromatic heterocycles. The third kappa shape index (κ3) is 5.43. The number of para-hydroxylation sites is 1. The molecule has 6 nitrogen and oxygen atoms in total. The van der Waals surface area contributed by atoms with Crippen molar-refractivity contribution in [1.82, 2.24) is 9.80 Å². The molecule has 0 radical (unpaired) electrons. The first-order valence-electron chi connectivity index (χ1n) is 9.75. The quantitative estimate of drug-likeness (QED) is 0.846. The molecule has 2 heterocycles. The topological polar surface area (TPSA) is 54.0 Å². The summed E-state index contributed by atoms with van der Waals surface area (Å²) in [6, 6.07) is 8.20. The first kappa shape index (κ1) is 19.1. The monoisotopic (exact) mass is 361 g/mol. The molecule has 2 aliphatic rings. The van der Waals surface area contributed by atoms with Gasteiger partial charge in [-0.25, -0.2) is 4.79 Å². The molecule has 2 fully saturated rings. The van der Waals surface area contributed by atoms with Crippen molar-refractivity contribution in [3.05, 3.63) is 29.8 Å². The number of amides is 2. The predicted molar refractivity (Wildman–Crippen MR) is 103 cm³/mol. The van der Waals surface area contributed by atoms with Crippen LogP contribution in [0.4, 0.5) is 10.5 Å². The lowest BCUT2D eigenvalue weighted by Gasteiger charge is -2.35. The second-order valence-corrected chi connectivity index (χ2v) is 7.09. The van der Waals surface area contributed by atoms with Gasteiger partial charge in [0.2, 0.25) is 0 Å². The standard InChI is InChI=1S/C20H31N3O3/c1-17-5-2-3-6-19(17)21-20(24)23(18-7-13-25-14-8-18)10-4-9-22-11-15-26-16-12-22/h2-3,5-6,18H,4,7-16H2,1H3,(H,21,24). The van der Waals surface area contributed by atoms with Crippen molar-refractivity contribution < 1.29 is 14.3 Å². The molecular formula is C20H31N3O3. The summed E-state index contributed by atoms with van der Waals surface area (Å²) in [7, 11) is 0. The number of nitrogens with zero attached hydrogens (tertiary/aromatic N) is 2. The van der Waals surface area contributed by atoms with E-state index in [4.69, 9.17) is 9.47 Å². The fourth-order valence-corrected chi connectivity index (χ4v) is 3.64. The number of nitrogens with one attached hydrogen (secondary N) is 1. The van der Waals surface area contributed by atoms with Gasteiger partial charge in [-0.1, -0.05) is 18.2 Å². The first-order valence-corrected chi connectivity index (χ1v) is 9.75. The summed E-state index contributed by atoms with van der Waals surface area (Å²) < 4.78 is 10.9. The zero-order valence-electron chi connectivity index (χ0n) is 15.8. The summed E-state index contributed by atoms with van der Waals surface area (Å²) in [6.07, 6.45) is 2.82. The van der Waals surface area contributed by atoms with Gasteiger partial charge < -0.3 is 19.7 Å². The molecule has 26 heavy (non-hydrogen) atoms. The Morgan fingerprint density at radius 1 is 1.15 bits per heavy atom. The lowest BCUT2D eigenvalue weighted by molar-refractivity contribution is 0.0316. The Morgan fingerprint density at radius 3 is 2.58 bits per heavy atom. The molecule has 2 aliphatic heterocycles. The molecule has 0 bridgehead atoms. The third-order valence-electron chi connectivity index (χ3n) is 5.26. The molecule has 0 unspecified atom stereocenters. The van der Waals surface area contributed by atoms with E-state index >= 15 is 0 Å². The van der Waals surface area contributed by atoms with Crippen LogP contribution in [0.2, 0.25) is 0 Å². The van der Waals surface area contributed by atoms with E-state index < -0.39 is 0 Å². The van der Waals surface area contributed by atoms with Crippen molar-refractivity contribution in [2.45, 2.75) is 32.2 Å². The Bertz CT molecular complexity index is 569. The summed E-state index contributed by atoms with van der Waals surface area (Å²) >= 11 is 0. The van der Waals surface area contributed by atoms with E-state index in [1.807, 2.05) is 36.1 Å². The van der Waals surface area contributed by atoms with Crippen LogP contribution in [0.1, 0.15) is 24.8 Å². The normalized spacial score (nSPS) is 19.3. The first-order chi connectivity index (χ1) is 12.7. The minimum atomic E-state index is 0.00757. The highest BCUT2D eigenvalue weighted by Crippen LogP contribution is 2.19. The van der Waals surface area contributed by atoms with E-state index in [1.165, 1.54) is 0 Å². The number of aryl methyl sites for hydroxylation is 1. The largest absolute Gasteiger partial charge is 0.381 e. The fraction of sp³-hybridized carbons (Fsp3) is 0.650. The number of anilines is 1. The Hall–Kier alpha value is -1.63. The lowest BCUT2D eigenvalue weighted by atomic mass is 10.1. The van der Waals surface area contributed by atoms with E-state index in [2.05, 4.69) is 10.2 Å². The maximum absolute atomic E-state index is 13.0. The van der Waals surface area contributed by atoms with Crippen LogP contribution in [0.25, 0.3) is 0 Å². The molecule has 3 rings (SSSR count). The molecule has 0 saturated carbocycles. The second kappa shape index (κ2) is 9.90. The second-order valence-electron chi connectivity index (χ2n) is 7.09. The zero-order chi connectivity index (χ0) is 18.2. The Morgan fingerprint density at radius 2 is 1.85 bits per heavy atom. The van der Waals surface area contributed by atoms with Gasteiger partial charge in [0.15, 0.2) is 0 Å². The molecule has 2 saturated heterocycles. The van der Waals surface area contributed by atoms with E-state index in [9.17, 15) is 4.79 Å². The number of hydrogen-bond donors (Lipinski definition) is 1. The van der Waals surface area contributed by atoms with Gasteiger partial charge in [0.05, 0.1) is 13.2 Å². The van der Waals surface area contributed by atoms with E-state index in [0.717, 1.165) is 83.1 Å². The number of ether oxygens (including phenoxy) is 2. The van der Waals surface area contributed by atoms with Crippen LogP contribution < -0.4 is 5.32 Å². The van der Waals surface area contributed by atoms with Crippen LogP contribution >= 0.6 is 0 Å². The molecule has 144 valence electrons. The van der Waals surface area contributed by atoms with Gasteiger partial charge in [0.25, 0.3) is 0 Å². The Balaban J connectivity index is 1.58. The van der Waals surface area contributed by atoms with E-state index in [-0.39, 0.29) is 12.1 Å². The number of morpholine rings is 1. The molecule has 0 aliphatic carbocycles. The summed E-state index contributed by atoms with van der Waals surface area (Å²) in [5.74, 6) is 0. The minimum absolute atomic E-state index is 0.00757. The summed E-state index contributed by atoms with van der Waals surface area (Å²) in [5, 5.41) is 3.11. The molecule has 1 aromatic rings. The zero-order valence-corrected chi connectivity index (χ0v) is 15.8. The van der Waals surface area contributed by atoms with Crippen LogP contribution in [0.5, 0.6) is 0 Å². The average Bonchev–Trinajstić information content (AvgIpc) is 2.68. The van der Waals surface area contributed by atoms with Crippen molar-refractivity contribution in [3.8, 4) is 0 Å².